The average molecular weight is 364 g/mol. The number of hydrogen-bond acceptors (Lipinski definition) is 3. The van der Waals surface area contributed by atoms with Crippen LogP contribution in [-0.2, 0) is 11.3 Å². The summed E-state index contributed by atoms with van der Waals surface area (Å²) in [5.74, 6) is 0.438. The molecular weight excluding hydrogens is 336 g/mol. The Bertz CT molecular complexity index is 780. The van der Waals surface area contributed by atoms with Gasteiger partial charge in [-0.3, -0.25) is 14.5 Å². The van der Waals surface area contributed by atoms with Gasteiger partial charge in [0.25, 0.3) is 0 Å². The number of Topliss-reactive ketones (excluding diaryl/α,β-unsaturated/α-hetero) is 1. The second-order valence-corrected chi connectivity index (χ2v) is 7.46. The van der Waals surface area contributed by atoms with Crippen molar-refractivity contribution in [1.82, 2.24) is 9.80 Å². The SMILES string of the molecule is Cc1ccccc1CN(C)C(=O)CN1CCC(C(=O)c2ccccc2)CC1. The smallest absolute Gasteiger partial charge is 0.236 e. The first kappa shape index (κ1) is 19.3. The summed E-state index contributed by atoms with van der Waals surface area (Å²) in [5, 5.41) is 0. The molecule has 0 unspecified atom stereocenters. The number of hydrogen-bond donors (Lipinski definition) is 0. The standard InChI is InChI=1S/C23H28N2O2/c1-18-8-6-7-11-21(18)16-24(2)22(26)17-25-14-12-20(13-15-25)23(27)19-9-4-3-5-10-19/h3-11,20H,12-17H2,1-2H3. The van der Waals surface area contributed by atoms with Crippen LogP contribution in [0, 0.1) is 12.8 Å². The van der Waals surface area contributed by atoms with Crippen LogP contribution in [-0.4, -0.2) is 48.2 Å². The molecule has 0 spiro atoms. The summed E-state index contributed by atoms with van der Waals surface area (Å²) in [6.07, 6.45) is 1.64. The molecule has 27 heavy (non-hydrogen) atoms. The Morgan fingerprint density at radius 1 is 1.00 bits per heavy atom. The van der Waals surface area contributed by atoms with Crippen LogP contribution >= 0.6 is 0 Å². The van der Waals surface area contributed by atoms with Crippen molar-refractivity contribution in [2.24, 2.45) is 5.92 Å². The number of rotatable bonds is 6. The predicted molar refractivity (Wildman–Crippen MR) is 108 cm³/mol. The zero-order valence-electron chi connectivity index (χ0n) is 16.2. The monoisotopic (exact) mass is 364 g/mol. The molecule has 0 atom stereocenters. The maximum absolute atomic E-state index is 12.6. The number of ketones is 1. The summed E-state index contributed by atoms with van der Waals surface area (Å²) in [4.78, 5) is 29.1. The Morgan fingerprint density at radius 3 is 2.30 bits per heavy atom. The van der Waals surface area contributed by atoms with Gasteiger partial charge in [0.1, 0.15) is 0 Å². The van der Waals surface area contributed by atoms with E-state index in [9.17, 15) is 9.59 Å². The fourth-order valence-corrected chi connectivity index (χ4v) is 3.63. The highest BCUT2D eigenvalue weighted by Crippen LogP contribution is 2.22. The van der Waals surface area contributed by atoms with Gasteiger partial charge in [-0.05, 0) is 44.0 Å². The Balaban J connectivity index is 1.48. The number of nitrogens with zero attached hydrogens (tertiary/aromatic N) is 2. The number of benzene rings is 2. The van der Waals surface area contributed by atoms with Crippen LogP contribution in [0.3, 0.4) is 0 Å². The minimum atomic E-state index is 0.0726. The molecule has 0 aromatic heterocycles. The van der Waals surface area contributed by atoms with E-state index in [-0.39, 0.29) is 17.6 Å². The minimum absolute atomic E-state index is 0.0726. The second kappa shape index (κ2) is 8.96. The molecule has 1 saturated heterocycles. The summed E-state index contributed by atoms with van der Waals surface area (Å²) in [6.45, 7) is 4.73. The lowest BCUT2D eigenvalue weighted by atomic mass is 9.89. The largest absolute Gasteiger partial charge is 0.340 e. The molecule has 3 rings (SSSR count). The Morgan fingerprint density at radius 2 is 1.63 bits per heavy atom. The van der Waals surface area contributed by atoms with Crippen molar-refractivity contribution in [3.05, 3.63) is 71.3 Å². The molecule has 1 aliphatic heterocycles. The summed E-state index contributed by atoms with van der Waals surface area (Å²) >= 11 is 0. The van der Waals surface area contributed by atoms with E-state index in [4.69, 9.17) is 0 Å². The van der Waals surface area contributed by atoms with Crippen LogP contribution in [0.5, 0.6) is 0 Å². The first-order valence-corrected chi connectivity index (χ1v) is 9.64. The highest BCUT2D eigenvalue weighted by Gasteiger charge is 2.27. The lowest BCUT2D eigenvalue weighted by molar-refractivity contribution is -0.131. The van der Waals surface area contributed by atoms with Crippen LogP contribution in [0.25, 0.3) is 0 Å². The van der Waals surface area contributed by atoms with Gasteiger partial charge in [0.2, 0.25) is 5.91 Å². The van der Waals surface area contributed by atoms with Crippen molar-refractivity contribution in [3.63, 3.8) is 0 Å². The second-order valence-electron chi connectivity index (χ2n) is 7.46. The van der Waals surface area contributed by atoms with Crippen LogP contribution in [0.1, 0.15) is 34.3 Å². The van der Waals surface area contributed by atoms with E-state index in [1.165, 1.54) is 11.1 Å². The van der Waals surface area contributed by atoms with Gasteiger partial charge in [-0.25, -0.2) is 0 Å². The number of aryl methyl sites for hydroxylation is 1. The fourth-order valence-electron chi connectivity index (χ4n) is 3.63. The summed E-state index contributed by atoms with van der Waals surface area (Å²) in [5.41, 5.74) is 3.18. The van der Waals surface area contributed by atoms with E-state index >= 15 is 0 Å². The molecule has 142 valence electrons. The number of carbonyl (C=O) groups excluding carboxylic acids is 2. The lowest BCUT2D eigenvalue weighted by Crippen LogP contribution is -2.43. The Labute approximate surface area is 161 Å². The molecule has 1 fully saturated rings. The van der Waals surface area contributed by atoms with E-state index in [1.54, 1.807) is 4.90 Å². The quantitative estimate of drug-likeness (QED) is 0.736. The van der Waals surface area contributed by atoms with Gasteiger partial charge in [0.15, 0.2) is 5.78 Å². The molecule has 1 heterocycles. The highest BCUT2D eigenvalue weighted by molar-refractivity contribution is 5.97. The maximum Gasteiger partial charge on any atom is 0.236 e. The minimum Gasteiger partial charge on any atom is -0.340 e. The molecule has 4 nitrogen and oxygen atoms in total. The number of carbonyl (C=O) groups is 2. The summed E-state index contributed by atoms with van der Waals surface area (Å²) in [7, 11) is 1.86. The highest BCUT2D eigenvalue weighted by atomic mass is 16.2. The molecule has 0 radical (unpaired) electrons. The number of amides is 1. The van der Waals surface area contributed by atoms with Gasteiger partial charge in [0.05, 0.1) is 6.54 Å². The molecule has 0 aliphatic carbocycles. The van der Waals surface area contributed by atoms with Gasteiger partial charge in [-0.2, -0.15) is 0 Å². The van der Waals surface area contributed by atoms with Crippen LogP contribution in [0.4, 0.5) is 0 Å². The van der Waals surface area contributed by atoms with Crippen molar-refractivity contribution in [1.29, 1.82) is 0 Å². The number of likely N-dealkylation sites (N-methyl/N-ethyl adjacent to an activating group) is 1. The molecule has 2 aromatic carbocycles. The molecule has 4 heteroatoms. The van der Waals surface area contributed by atoms with Crippen LogP contribution < -0.4 is 0 Å². The average Bonchev–Trinajstić information content (AvgIpc) is 2.70. The lowest BCUT2D eigenvalue weighted by Gasteiger charge is -2.32. The van der Waals surface area contributed by atoms with E-state index in [0.29, 0.717) is 13.1 Å². The van der Waals surface area contributed by atoms with E-state index < -0.39 is 0 Å². The predicted octanol–water partition coefficient (Wildman–Crippen LogP) is 3.55. The van der Waals surface area contributed by atoms with E-state index in [0.717, 1.165) is 31.5 Å². The van der Waals surface area contributed by atoms with Crippen LogP contribution in [0.15, 0.2) is 54.6 Å². The normalized spacial score (nSPS) is 15.5. The summed E-state index contributed by atoms with van der Waals surface area (Å²) < 4.78 is 0. The van der Waals surface area contributed by atoms with Crippen molar-refractivity contribution >= 4 is 11.7 Å². The van der Waals surface area contributed by atoms with Crippen molar-refractivity contribution in [2.75, 3.05) is 26.7 Å². The molecule has 2 aromatic rings. The van der Waals surface area contributed by atoms with E-state index in [2.05, 4.69) is 24.0 Å². The molecule has 1 amide bonds. The van der Waals surface area contributed by atoms with Gasteiger partial charge < -0.3 is 4.90 Å². The number of likely N-dealkylation sites (tertiary alicyclic amines) is 1. The maximum atomic E-state index is 12.6. The zero-order chi connectivity index (χ0) is 19.2. The van der Waals surface area contributed by atoms with E-state index in [1.807, 2.05) is 49.5 Å². The Hall–Kier alpha value is -2.46. The van der Waals surface area contributed by atoms with Crippen molar-refractivity contribution in [2.45, 2.75) is 26.3 Å². The van der Waals surface area contributed by atoms with Crippen LogP contribution in [0.2, 0.25) is 0 Å². The van der Waals surface area contributed by atoms with Gasteiger partial charge in [-0.15, -0.1) is 0 Å². The fraction of sp³-hybridized carbons (Fsp3) is 0.391. The first-order chi connectivity index (χ1) is 13.0. The third kappa shape index (κ3) is 5.04. The van der Waals surface area contributed by atoms with Gasteiger partial charge in [0, 0.05) is 25.1 Å². The third-order valence-electron chi connectivity index (χ3n) is 5.47. The van der Waals surface area contributed by atoms with Crippen molar-refractivity contribution < 1.29 is 9.59 Å². The molecule has 0 N–H and O–H groups in total. The number of piperidine rings is 1. The Kier molecular flexibility index (Phi) is 6.40. The summed E-state index contributed by atoms with van der Waals surface area (Å²) in [6, 6.07) is 17.7. The molecular formula is C23H28N2O2. The molecule has 0 saturated carbocycles. The molecule has 1 aliphatic rings. The zero-order valence-corrected chi connectivity index (χ0v) is 16.2. The third-order valence-corrected chi connectivity index (χ3v) is 5.47. The van der Waals surface area contributed by atoms with Crippen molar-refractivity contribution in [3.8, 4) is 0 Å². The first-order valence-electron chi connectivity index (χ1n) is 9.64. The topological polar surface area (TPSA) is 40.6 Å². The van der Waals surface area contributed by atoms with Gasteiger partial charge >= 0.3 is 0 Å². The molecule has 0 bridgehead atoms. The van der Waals surface area contributed by atoms with Gasteiger partial charge in [-0.1, -0.05) is 54.6 Å².